The Kier molecular flexibility index (Phi) is 1.20. The molecule has 1 atom stereocenters. The van der Waals surface area contributed by atoms with Crippen LogP contribution in [-0.4, -0.2) is 6.04 Å². The third kappa shape index (κ3) is 0.856. The molecule has 1 unspecified atom stereocenters. The number of nitrogens with zero attached hydrogens (tertiary/aromatic N) is 1. The number of rotatable bonds is 1. The van der Waals surface area contributed by atoms with E-state index in [0.717, 1.165) is 12.8 Å². The Bertz CT molecular complexity index is 98.3. The molecule has 0 aromatic heterocycles. The maximum absolute atomic E-state index is 9.71. The van der Waals surface area contributed by atoms with Crippen LogP contribution in [0.5, 0.6) is 0 Å². The average molecular weight is 97.1 g/mol. The van der Waals surface area contributed by atoms with Crippen molar-refractivity contribution in [3.05, 3.63) is 17.1 Å². The van der Waals surface area contributed by atoms with Crippen LogP contribution in [0.2, 0.25) is 0 Å². The van der Waals surface area contributed by atoms with E-state index in [1.807, 2.05) is 12.2 Å². The van der Waals surface area contributed by atoms with Crippen molar-refractivity contribution < 1.29 is 0 Å². The van der Waals surface area contributed by atoms with Gasteiger partial charge in [0.05, 0.1) is 0 Å². The molecule has 1 rings (SSSR count). The minimum absolute atomic E-state index is 0.0139. The van der Waals surface area contributed by atoms with E-state index in [9.17, 15) is 4.91 Å². The number of nitroso groups, excluding NO2 is 1. The van der Waals surface area contributed by atoms with Crippen molar-refractivity contribution in [2.45, 2.75) is 18.9 Å². The van der Waals surface area contributed by atoms with Crippen molar-refractivity contribution in [2.75, 3.05) is 0 Å². The fraction of sp³-hybridized carbons (Fsp3) is 0.600. The minimum Gasteiger partial charge on any atom is -0.150 e. The van der Waals surface area contributed by atoms with E-state index in [1.54, 1.807) is 0 Å². The van der Waals surface area contributed by atoms with Crippen molar-refractivity contribution in [2.24, 2.45) is 5.18 Å². The van der Waals surface area contributed by atoms with Crippen molar-refractivity contribution in [3.63, 3.8) is 0 Å². The molecular weight excluding hydrogens is 90.1 g/mol. The number of hydrogen-bond donors (Lipinski definition) is 0. The molecule has 0 bridgehead atoms. The zero-order valence-corrected chi connectivity index (χ0v) is 4.00. The van der Waals surface area contributed by atoms with Crippen LogP contribution in [0.15, 0.2) is 17.3 Å². The van der Waals surface area contributed by atoms with Crippen molar-refractivity contribution in [1.29, 1.82) is 0 Å². The van der Waals surface area contributed by atoms with Crippen LogP contribution in [0.1, 0.15) is 12.8 Å². The molecule has 0 aliphatic heterocycles. The van der Waals surface area contributed by atoms with E-state index in [-0.39, 0.29) is 6.04 Å². The third-order valence-electron chi connectivity index (χ3n) is 1.12. The Morgan fingerprint density at radius 1 is 1.71 bits per heavy atom. The van der Waals surface area contributed by atoms with E-state index in [2.05, 4.69) is 5.18 Å². The highest BCUT2D eigenvalue weighted by molar-refractivity contribution is 5.00. The van der Waals surface area contributed by atoms with E-state index in [1.165, 1.54) is 0 Å². The number of hydrogen-bond acceptors (Lipinski definition) is 2. The molecule has 0 N–H and O–H groups in total. The standard InChI is InChI=1S/C5H7NO/c7-6-5-3-1-2-4-5/h1,3,5H,2,4H2. The lowest BCUT2D eigenvalue weighted by molar-refractivity contribution is 0.776. The summed E-state index contributed by atoms with van der Waals surface area (Å²) in [6, 6.07) is -0.0139. The van der Waals surface area contributed by atoms with Crippen molar-refractivity contribution in [3.8, 4) is 0 Å². The van der Waals surface area contributed by atoms with Crippen LogP contribution < -0.4 is 0 Å². The van der Waals surface area contributed by atoms with Gasteiger partial charge < -0.3 is 0 Å². The fourth-order valence-electron chi connectivity index (χ4n) is 0.704. The molecule has 0 amide bonds. The predicted molar refractivity (Wildman–Crippen MR) is 28.0 cm³/mol. The lowest BCUT2D eigenvalue weighted by atomic mass is 10.3. The van der Waals surface area contributed by atoms with Gasteiger partial charge in [0.15, 0.2) is 0 Å². The summed E-state index contributed by atoms with van der Waals surface area (Å²) < 4.78 is 0. The summed E-state index contributed by atoms with van der Waals surface area (Å²) in [6.45, 7) is 0. The lowest BCUT2D eigenvalue weighted by Gasteiger charge is -1.87. The summed E-state index contributed by atoms with van der Waals surface area (Å²) in [5.74, 6) is 0. The SMILES string of the molecule is O=NC1C=CCC1. The highest BCUT2D eigenvalue weighted by Gasteiger charge is 2.06. The maximum Gasteiger partial charge on any atom is 0.110 e. The molecule has 0 saturated carbocycles. The molecule has 0 saturated heterocycles. The highest BCUT2D eigenvalue weighted by Crippen LogP contribution is 2.11. The van der Waals surface area contributed by atoms with Gasteiger partial charge >= 0.3 is 0 Å². The maximum atomic E-state index is 9.71. The first-order valence-electron chi connectivity index (χ1n) is 2.42. The molecule has 38 valence electrons. The van der Waals surface area contributed by atoms with Gasteiger partial charge in [0.2, 0.25) is 0 Å². The smallest absolute Gasteiger partial charge is 0.110 e. The quantitative estimate of drug-likeness (QED) is 0.360. The van der Waals surface area contributed by atoms with Gasteiger partial charge in [0, 0.05) is 0 Å². The normalized spacial score (nSPS) is 28.3. The van der Waals surface area contributed by atoms with Crippen LogP contribution in [0, 0.1) is 4.91 Å². The molecule has 0 spiro atoms. The van der Waals surface area contributed by atoms with Gasteiger partial charge in [-0.2, -0.15) is 4.91 Å². The topological polar surface area (TPSA) is 29.4 Å². The second-order valence-electron chi connectivity index (χ2n) is 1.68. The molecule has 1 aliphatic carbocycles. The Labute approximate surface area is 42.2 Å². The summed E-state index contributed by atoms with van der Waals surface area (Å²) in [5.41, 5.74) is 0. The Hall–Kier alpha value is -0.660. The first kappa shape index (κ1) is 4.50. The van der Waals surface area contributed by atoms with Gasteiger partial charge in [0.1, 0.15) is 6.04 Å². The van der Waals surface area contributed by atoms with Gasteiger partial charge in [-0.3, -0.25) is 0 Å². The molecule has 0 fully saturated rings. The molecule has 0 radical (unpaired) electrons. The minimum atomic E-state index is -0.0139. The summed E-state index contributed by atoms with van der Waals surface area (Å²) in [6.07, 6.45) is 5.79. The van der Waals surface area contributed by atoms with Gasteiger partial charge in [0.25, 0.3) is 0 Å². The van der Waals surface area contributed by atoms with Gasteiger partial charge in [-0.05, 0) is 12.8 Å². The zero-order valence-electron chi connectivity index (χ0n) is 4.00. The Balaban J connectivity index is 2.42. The van der Waals surface area contributed by atoms with Crippen LogP contribution >= 0.6 is 0 Å². The first-order valence-corrected chi connectivity index (χ1v) is 2.42. The van der Waals surface area contributed by atoms with Crippen molar-refractivity contribution in [1.82, 2.24) is 0 Å². The zero-order chi connectivity index (χ0) is 5.11. The highest BCUT2D eigenvalue weighted by atomic mass is 16.3. The van der Waals surface area contributed by atoms with Gasteiger partial charge in [-0.25, -0.2) is 0 Å². The van der Waals surface area contributed by atoms with Crippen LogP contribution in [-0.2, 0) is 0 Å². The fourth-order valence-corrected chi connectivity index (χ4v) is 0.704. The number of allylic oxidation sites excluding steroid dienone is 1. The molecule has 2 heteroatoms. The van der Waals surface area contributed by atoms with E-state index in [0.29, 0.717) is 0 Å². The van der Waals surface area contributed by atoms with Crippen LogP contribution in [0.25, 0.3) is 0 Å². The lowest BCUT2D eigenvalue weighted by Crippen LogP contribution is -1.89. The largest absolute Gasteiger partial charge is 0.150 e. The molecule has 0 aromatic carbocycles. The Morgan fingerprint density at radius 3 is 2.86 bits per heavy atom. The second-order valence-corrected chi connectivity index (χ2v) is 1.68. The third-order valence-corrected chi connectivity index (χ3v) is 1.12. The molecular formula is C5H7NO. The van der Waals surface area contributed by atoms with Crippen molar-refractivity contribution >= 4 is 0 Å². The van der Waals surface area contributed by atoms with Gasteiger partial charge in [-0.15, -0.1) is 0 Å². The summed E-state index contributed by atoms with van der Waals surface area (Å²) in [7, 11) is 0. The van der Waals surface area contributed by atoms with Gasteiger partial charge in [-0.1, -0.05) is 17.3 Å². The van der Waals surface area contributed by atoms with E-state index < -0.39 is 0 Å². The molecule has 1 aliphatic rings. The summed E-state index contributed by atoms with van der Waals surface area (Å²) >= 11 is 0. The molecule has 7 heavy (non-hydrogen) atoms. The molecule has 0 heterocycles. The first-order chi connectivity index (χ1) is 3.43. The summed E-state index contributed by atoms with van der Waals surface area (Å²) in [5, 5.41) is 2.85. The second kappa shape index (κ2) is 1.87. The monoisotopic (exact) mass is 97.1 g/mol. The molecule has 0 aromatic rings. The van der Waals surface area contributed by atoms with Crippen LogP contribution in [0.4, 0.5) is 0 Å². The van der Waals surface area contributed by atoms with Crippen LogP contribution in [0.3, 0.4) is 0 Å². The molecule has 2 nitrogen and oxygen atoms in total. The Morgan fingerprint density at radius 2 is 2.57 bits per heavy atom. The van der Waals surface area contributed by atoms with E-state index >= 15 is 0 Å². The van der Waals surface area contributed by atoms with E-state index in [4.69, 9.17) is 0 Å². The average Bonchev–Trinajstić information content (AvgIpc) is 2.14. The summed E-state index contributed by atoms with van der Waals surface area (Å²) in [4.78, 5) is 9.71. The predicted octanol–water partition coefficient (Wildman–Crippen LogP) is 1.47.